The van der Waals surface area contributed by atoms with Gasteiger partial charge in [0.25, 0.3) is 0 Å². The molecular formula is C26H29FN4O3. The molecule has 0 unspecified atom stereocenters. The summed E-state index contributed by atoms with van der Waals surface area (Å²) in [5.74, 6) is 0.792. The zero-order valence-corrected chi connectivity index (χ0v) is 19.4. The highest BCUT2D eigenvalue weighted by molar-refractivity contribution is 5.96. The smallest absolute Gasteiger partial charge is 0.227 e. The van der Waals surface area contributed by atoms with Crippen molar-refractivity contribution in [3.63, 3.8) is 0 Å². The van der Waals surface area contributed by atoms with E-state index in [9.17, 15) is 9.18 Å². The van der Waals surface area contributed by atoms with Crippen molar-refractivity contribution in [1.29, 1.82) is 0 Å². The number of Topliss-reactive ketones (excluding diaryl/α,β-unsaturated/α-hetero) is 1. The first-order valence-electron chi connectivity index (χ1n) is 11.5. The van der Waals surface area contributed by atoms with E-state index in [1.54, 1.807) is 6.92 Å². The first-order chi connectivity index (χ1) is 16.6. The number of hydrogen-bond donors (Lipinski definition) is 2. The molecule has 7 nitrogen and oxygen atoms in total. The van der Waals surface area contributed by atoms with E-state index in [-0.39, 0.29) is 23.7 Å². The summed E-state index contributed by atoms with van der Waals surface area (Å²) in [4.78, 5) is 20.6. The lowest BCUT2D eigenvalue weighted by Gasteiger charge is -2.23. The maximum Gasteiger partial charge on any atom is 0.227 e. The number of methoxy groups -OCH3 is 1. The maximum atomic E-state index is 14.6. The van der Waals surface area contributed by atoms with Crippen LogP contribution in [0.1, 0.15) is 53.6 Å². The standard InChI is InChI=1S/C26H29FN4O3/c1-3-23(32)19-12-20(25(27)24(13-19)33-2)16-34-22-14-29-26(30-15-22)31-21-6-4-17(5-7-21)18-8-10-28-11-9-18/h4-7,12-15,18,28H,3,8-11,16H2,1-2H3,(H,29,30,31). The number of carbonyl (C=O) groups is 1. The second-order valence-electron chi connectivity index (χ2n) is 8.23. The van der Waals surface area contributed by atoms with Gasteiger partial charge >= 0.3 is 0 Å². The predicted octanol–water partition coefficient (Wildman–Crippen LogP) is 5.01. The number of aromatic nitrogens is 2. The number of nitrogens with zero attached hydrogens (tertiary/aromatic N) is 2. The maximum absolute atomic E-state index is 14.6. The van der Waals surface area contributed by atoms with Crippen LogP contribution in [0.3, 0.4) is 0 Å². The number of carbonyl (C=O) groups excluding carboxylic acids is 1. The van der Waals surface area contributed by atoms with E-state index in [1.807, 2.05) is 12.1 Å². The van der Waals surface area contributed by atoms with Gasteiger partial charge in [0.1, 0.15) is 6.61 Å². The van der Waals surface area contributed by atoms with E-state index in [4.69, 9.17) is 9.47 Å². The second-order valence-corrected chi connectivity index (χ2v) is 8.23. The van der Waals surface area contributed by atoms with Crippen LogP contribution in [0.2, 0.25) is 0 Å². The fourth-order valence-electron chi connectivity index (χ4n) is 4.01. The van der Waals surface area contributed by atoms with E-state index in [2.05, 4.69) is 32.7 Å². The molecule has 0 spiro atoms. The fraction of sp³-hybridized carbons (Fsp3) is 0.346. The Hall–Kier alpha value is -3.52. The summed E-state index contributed by atoms with van der Waals surface area (Å²) in [7, 11) is 1.36. The fourth-order valence-corrected chi connectivity index (χ4v) is 4.01. The van der Waals surface area contributed by atoms with Crippen LogP contribution in [0.5, 0.6) is 11.5 Å². The quantitative estimate of drug-likeness (QED) is 0.431. The van der Waals surface area contributed by atoms with Gasteiger partial charge in [-0.1, -0.05) is 19.1 Å². The summed E-state index contributed by atoms with van der Waals surface area (Å²) in [6, 6.07) is 11.3. The van der Waals surface area contributed by atoms with Gasteiger partial charge in [0.15, 0.2) is 23.1 Å². The van der Waals surface area contributed by atoms with Crippen LogP contribution in [-0.4, -0.2) is 36.0 Å². The number of anilines is 2. The number of benzene rings is 2. The molecule has 8 heteroatoms. The van der Waals surface area contributed by atoms with Crippen molar-refractivity contribution in [2.24, 2.45) is 0 Å². The molecule has 2 aromatic carbocycles. The van der Waals surface area contributed by atoms with E-state index in [1.165, 1.54) is 37.2 Å². The Bertz CT molecular complexity index is 1110. The zero-order chi connectivity index (χ0) is 23.9. The van der Waals surface area contributed by atoms with Gasteiger partial charge in [-0.2, -0.15) is 0 Å². The van der Waals surface area contributed by atoms with E-state index >= 15 is 0 Å². The van der Waals surface area contributed by atoms with Gasteiger partial charge in [0.2, 0.25) is 5.95 Å². The highest BCUT2D eigenvalue weighted by Crippen LogP contribution is 2.27. The Balaban J connectivity index is 1.37. The monoisotopic (exact) mass is 464 g/mol. The van der Waals surface area contributed by atoms with Crippen molar-refractivity contribution in [3.8, 4) is 11.5 Å². The van der Waals surface area contributed by atoms with Crippen molar-refractivity contribution in [3.05, 3.63) is 71.3 Å². The Labute approximate surface area is 198 Å². The topological polar surface area (TPSA) is 85.4 Å². The molecule has 1 aliphatic rings. The minimum absolute atomic E-state index is 0.0138. The number of halogens is 1. The van der Waals surface area contributed by atoms with Crippen LogP contribution in [-0.2, 0) is 6.61 Å². The van der Waals surface area contributed by atoms with Crippen LogP contribution < -0.4 is 20.1 Å². The molecule has 0 atom stereocenters. The molecule has 34 heavy (non-hydrogen) atoms. The third-order valence-corrected chi connectivity index (χ3v) is 5.98. The Morgan fingerprint density at radius 1 is 1.15 bits per heavy atom. The molecule has 2 heterocycles. The van der Waals surface area contributed by atoms with Crippen LogP contribution in [0.25, 0.3) is 0 Å². The first-order valence-corrected chi connectivity index (χ1v) is 11.5. The first kappa shape index (κ1) is 23.6. The number of hydrogen-bond acceptors (Lipinski definition) is 7. The van der Waals surface area contributed by atoms with Crippen molar-refractivity contribution < 1.29 is 18.7 Å². The number of piperidine rings is 1. The third-order valence-electron chi connectivity index (χ3n) is 5.98. The lowest BCUT2D eigenvalue weighted by atomic mass is 9.90. The zero-order valence-electron chi connectivity index (χ0n) is 19.4. The molecule has 0 saturated carbocycles. The van der Waals surface area contributed by atoms with Gasteiger partial charge in [-0.25, -0.2) is 14.4 Å². The molecule has 2 N–H and O–H groups in total. The van der Waals surface area contributed by atoms with Crippen molar-refractivity contribution in [2.75, 3.05) is 25.5 Å². The number of ketones is 1. The van der Waals surface area contributed by atoms with Crippen LogP contribution in [0.4, 0.5) is 16.0 Å². The lowest BCUT2D eigenvalue weighted by molar-refractivity contribution is 0.0987. The highest BCUT2D eigenvalue weighted by Gasteiger charge is 2.16. The van der Waals surface area contributed by atoms with Gasteiger partial charge in [-0.15, -0.1) is 0 Å². The summed E-state index contributed by atoms with van der Waals surface area (Å²) in [5, 5.41) is 6.57. The van der Waals surface area contributed by atoms with Gasteiger partial charge in [-0.05, 0) is 61.7 Å². The molecule has 4 rings (SSSR count). The minimum Gasteiger partial charge on any atom is -0.494 e. The number of ether oxygens (including phenoxy) is 2. The molecule has 0 amide bonds. The molecule has 0 bridgehead atoms. The second kappa shape index (κ2) is 11.1. The molecule has 1 aromatic heterocycles. The lowest BCUT2D eigenvalue weighted by Crippen LogP contribution is -2.26. The molecule has 0 aliphatic carbocycles. The number of nitrogens with one attached hydrogen (secondary N) is 2. The van der Waals surface area contributed by atoms with Gasteiger partial charge in [-0.3, -0.25) is 4.79 Å². The van der Waals surface area contributed by atoms with Crippen molar-refractivity contribution in [1.82, 2.24) is 15.3 Å². The van der Waals surface area contributed by atoms with Gasteiger partial charge in [0.05, 0.1) is 19.5 Å². The Morgan fingerprint density at radius 2 is 1.85 bits per heavy atom. The van der Waals surface area contributed by atoms with Gasteiger partial charge < -0.3 is 20.1 Å². The minimum atomic E-state index is -0.553. The van der Waals surface area contributed by atoms with Crippen LogP contribution in [0.15, 0.2) is 48.8 Å². The van der Waals surface area contributed by atoms with E-state index < -0.39 is 5.82 Å². The van der Waals surface area contributed by atoms with Crippen molar-refractivity contribution >= 4 is 17.4 Å². The van der Waals surface area contributed by atoms with Crippen LogP contribution in [0, 0.1) is 5.82 Å². The van der Waals surface area contributed by atoms with E-state index in [0.29, 0.717) is 29.6 Å². The molecule has 1 saturated heterocycles. The van der Waals surface area contributed by atoms with E-state index in [0.717, 1.165) is 31.6 Å². The van der Waals surface area contributed by atoms with Crippen LogP contribution >= 0.6 is 0 Å². The summed E-state index contributed by atoms with van der Waals surface area (Å²) < 4.78 is 25.3. The molecule has 178 valence electrons. The summed E-state index contributed by atoms with van der Waals surface area (Å²) >= 11 is 0. The average molecular weight is 465 g/mol. The molecule has 1 aliphatic heterocycles. The largest absolute Gasteiger partial charge is 0.494 e. The van der Waals surface area contributed by atoms with Gasteiger partial charge in [0, 0.05) is 23.2 Å². The molecule has 3 aromatic rings. The molecule has 0 radical (unpaired) electrons. The molecule has 1 fully saturated rings. The SMILES string of the molecule is CCC(=O)c1cc(COc2cnc(Nc3ccc(C4CCNCC4)cc3)nc2)c(F)c(OC)c1. The third kappa shape index (κ3) is 5.69. The normalized spacial score (nSPS) is 14.0. The summed E-state index contributed by atoms with van der Waals surface area (Å²) in [6.45, 7) is 3.80. The summed E-state index contributed by atoms with van der Waals surface area (Å²) in [6.07, 6.45) is 5.68. The predicted molar refractivity (Wildman–Crippen MR) is 129 cm³/mol. The average Bonchev–Trinajstić information content (AvgIpc) is 2.89. The Morgan fingerprint density at radius 3 is 2.50 bits per heavy atom. The molecular weight excluding hydrogens is 435 g/mol. The number of rotatable bonds is 9. The Kier molecular flexibility index (Phi) is 7.69. The highest BCUT2D eigenvalue weighted by atomic mass is 19.1. The summed E-state index contributed by atoms with van der Waals surface area (Å²) in [5.41, 5.74) is 2.87. The van der Waals surface area contributed by atoms with Crippen molar-refractivity contribution in [2.45, 2.75) is 38.7 Å².